The van der Waals surface area contributed by atoms with Crippen molar-refractivity contribution in [1.82, 2.24) is 0 Å². The standard InChI is InChI=1S/C9H12O5/c10-4-2-9-3-5(8(4)12)13-6(9)1-7(11)14-9/h4-6,8,10,12H,1-3H2/t4-,5-,6+,8-,9+/m1/s1. The predicted octanol–water partition coefficient (Wildman–Crippen LogP) is -1.04. The fraction of sp³-hybridized carbons (Fsp3) is 0.889. The molecule has 2 N–H and O–H groups in total. The number of hydrogen-bond donors (Lipinski definition) is 2. The summed E-state index contributed by atoms with van der Waals surface area (Å²) < 4.78 is 10.7. The summed E-state index contributed by atoms with van der Waals surface area (Å²) >= 11 is 0. The van der Waals surface area contributed by atoms with Gasteiger partial charge in [0, 0.05) is 12.8 Å². The van der Waals surface area contributed by atoms with E-state index < -0.39 is 17.8 Å². The maximum absolute atomic E-state index is 11.1. The van der Waals surface area contributed by atoms with Gasteiger partial charge in [-0.25, -0.2) is 0 Å². The van der Waals surface area contributed by atoms with Gasteiger partial charge in [-0.05, 0) is 0 Å². The van der Waals surface area contributed by atoms with Crippen LogP contribution in [0.25, 0.3) is 0 Å². The second-order valence-corrected chi connectivity index (χ2v) is 4.37. The van der Waals surface area contributed by atoms with Gasteiger partial charge in [-0.15, -0.1) is 0 Å². The topological polar surface area (TPSA) is 76.0 Å². The summed E-state index contributed by atoms with van der Waals surface area (Å²) in [6.07, 6.45) is -1.28. The molecule has 0 amide bonds. The quantitative estimate of drug-likeness (QED) is 0.488. The van der Waals surface area contributed by atoms with E-state index in [9.17, 15) is 15.0 Å². The monoisotopic (exact) mass is 200 g/mol. The Labute approximate surface area is 80.6 Å². The van der Waals surface area contributed by atoms with E-state index in [1.807, 2.05) is 0 Å². The van der Waals surface area contributed by atoms with Gasteiger partial charge < -0.3 is 19.7 Å². The van der Waals surface area contributed by atoms with Crippen LogP contribution in [0.1, 0.15) is 19.3 Å². The molecule has 0 aromatic carbocycles. The number of aliphatic hydroxyl groups excluding tert-OH is 2. The molecule has 0 radical (unpaired) electrons. The number of fused-ring (bicyclic) bond motifs is 1. The molecule has 3 rings (SSSR count). The third-order valence-electron chi connectivity index (χ3n) is 3.47. The van der Waals surface area contributed by atoms with E-state index in [1.54, 1.807) is 0 Å². The first-order valence-corrected chi connectivity index (χ1v) is 4.84. The Kier molecular flexibility index (Phi) is 1.53. The molecule has 3 fully saturated rings. The van der Waals surface area contributed by atoms with Gasteiger partial charge in [0.25, 0.3) is 0 Å². The van der Waals surface area contributed by atoms with E-state index in [0.717, 1.165) is 0 Å². The van der Waals surface area contributed by atoms with Crippen LogP contribution in [0.15, 0.2) is 0 Å². The van der Waals surface area contributed by atoms with Crippen LogP contribution in [0.2, 0.25) is 0 Å². The smallest absolute Gasteiger partial charge is 0.309 e. The molecule has 5 heteroatoms. The number of carbonyl (C=O) groups is 1. The molecule has 5 nitrogen and oxygen atoms in total. The van der Waals surface area contributed by atoms with E-state index in [2.05, 4.69) is 0 Å². The Morgan fingerprint density at radius 2 is 2.14 bits per heavy atom. The van der Waals surface area contributed by atoms with Crippen molar-refractivity contribution in [3.63, 3.8) is 0 Å². The molecule has 0 aromatic heterocycles. The van der Waals surface area contributed by atoms with Crippen molar-refractivity contribution >= 4 is 5.97 Å². The lowest BCUT2D eigenvalue weighted by atomic mass is 9.80. The van der Waals surface area contributed by atoms with Crippen molar-refractivity contribution in [1.29, 1.82) is 0 Å². The number of rotatable bonds is 0. The molecule has 1 saturated carbocycles. The molecule has 3 aliphatic rings. The van der Waals surface area contributed by atoms with Gasteiger partial charge >= 0.3 is 5.97 Å². The molecule has 2 heterocycles. The number of carbonyl (C=O) groups excluding carboxylic acids is 1. The summed E-state index contributed by atoms with van der Waals surface area (Å²) in [6, 6.07) is 0. The largest absolute Gasteiger partial charge is 0.456 e. The lowest BCUT2D eigenvalue weighted by molar-refractivity contribution is -0.157. The van der Waals surface area contributed by atoms with Crippen molar-refractivity contribution in [2.75, 3.05) is 0 Å². The Bertz CT molecular complexity index is 291. The van der Waals surface area contributed by atoms with E-state index >= 15 is 0 Å². The molecule has 2 saturated heterocycles. The Morgan fingerprint density at radius 3 is 2.93 bits per heavy atom. The highest BCUT2D eigenvalue weighted by molar-refractivity contribution is 5.73. The SMILES string of the molecule is O=C1C[C@@H]2O[C@@H]3C[C@]2(C[C@@H](O)[C@H]3O)O1. The number of aliphatic hydroxyl groups is 2. The number of hydrogen-bond acceptors (Lipinski definition) is 5. The van der Waals surface area contributed by atoms with E-state index in [0.29, 0.717) is 12.8 Å². The Hall–Kier alpha value is -0.650. The summed E-state index contributed by atoms with van der Waals surface area (Å²) in [7, 11) is 0. The van der Waals surface area contributed by atoms with Crippen molar-refractivity contribution in [2.45, 2.75) is 49.3 Å². The highest BCUT2D eigenvalue weighted by Crippen LogP contribution is 2.48. The van der Waals surface area contributed by atoms with E-state index in [-0.39, 0.29) is 24.6 Å². The molecule has 0 unspecified atom stereocenters. The van der Waals surface area contributed by atoms with Crippen LogP contribution in [0.5, 0.6) is 0 Å². The minimum Gasteiger partial charge on any atom is -0.456 e. The van der Waals surface area contributed by atoms with Crippen LogP contribution in [0, 0.1) is 0 Å². The van der Waals surface area contributed by atoms with Gasteiger partial charge in [0.1, 0.15) is 17.8 Å². The second kappa shape index (κ2) is 2.48. The highest BCUT2D eigenvalue weighted by atomic mass is 16.6. The molecule has 1 aliphatic carbocycles. The molecular formula is C9H12O5. The van der Waals surface area contributed by atoms with Gasteiger partial charge in [-0.3, -0.25) is 4.79 Å². The fourth-order valence-electron chi connectivity index (χ4n) is 2.80. The van der Waals surface area contributed by atoms with Gasteiger partial charge in [-0.2, -0.15) is 0 Å². The third kappa shape index (κ3) is 0.920. The van der Waals surface area contributed by atoms with E-state index in [4.69, 9.17) is 9.47 Å². The van der Waals surface area contributed by atoms with Crippen molar-refractivity contribution in [3.8, 4) is 0 Å². The summed E-state index contributed by atoms with van der Waals surface area (Å²) in [6.45, 7) is 0. The lowest BCUT2D eigenvalue weighted by Crippen LogP contribution is -2.49. The molecule has 14 heavy (non-hydrogen) atoms. The maximum Gasteiger partial charge on any atom is 0.309 e. The summed E-state index contributed by atoms with van der Waals surface area (Å²) in [5.74, 6) is -0.267. The van der Waals surface area contributed by atoms with Gasteiger partial charge in [0.2, 0.25) is 0 Å². The van der Waals surface area contributed by atoms with Gasteiger partial charge in [0.15, 0.2) is 0 Å². The average molecular weight is 200 g/mol. The summed E-state index contributed by atoms with van der Waals surface area (Å²) in [4.78, 5) is 11.1. The van der Waals surface area contributed by atoms with Crippen molar-refractivity contribution in [2.24, 2.45) is 0 Å². The minimum absolute atomic E-state index is 0.246. The van der Waals surface area contributed by atoms with Crippen LogP contribution < -0.4 is 0 Å². The normalized spacial score (nSPS) is 55.7. The van der Waals surface area contributed by atoms with Gasteiger partial charge in [0.05, 0.1) is 18.6 Å². The zero-order valence-electron chi connectivity index (χ0n) is 7.55. The zero-order chi connectivity index (χ0) is 9.92. The van der Waals surface area contributed by atoms with Crippen molar-refractivity contribution in [3.05, 3.63) is 0 Å². The van der Waals surface area contributed by atoms with E-state index in [1.165, 1.54) is 0 Å². The zero-order valence-corrected chi connectivity index (χ0v) is 7.55. The van der Waals surface area contributed by atoms with Crippen LogP contribution in [-0.4, -0.2) is 46.2 Å². The first-order chi connectivity index (χ1) is 6.61. The van der Waals surface area contributed by atoms with Crippen LogP contribution in [0.4, 0.5) is 0 Å². The van der Waals surface area contributed by atoms with Crippen LogP contribution in [0.3, 0.4) is 0 Å². The maximum atomic E-state index is 11.1. The Balaban J connectivity index is 1.93. The molecule has 1 spiro atoms. The van der Waals surface area contributed by atoms with Crippen LogP contribution >= 0.6 is 0 Å². The average Bonchev–Trinajstić information content (AvgIpc) is 2.51. The molecule has 5 atom stereocenters. The third-order valence-corrected chi connectivity index (χ3v) is 3.47. The summed E-state index contributed by atoms with van der Waals surface area (Å²) in [5, 5.41) is 19.1. The summed E-state index contributed by atoms with van der Waals surface area (Å²) in [5.41, 5.74) is -0.652. The van der Waals surface area contributed by atoms with Crippen molar-refractivity contribution < 1.29 is 24.5 Å². The highest BCUT2D eigenvalue weighted by Gasteiger charge is 2.62. The lowest BCUT2D eigenvalue weighted by Gasteiger charge is -2.34. The van der Waals surface area contributed by atoms with Gasteiger partial charge in [-0.1, -0.05) is 0 Å². The molecule has 2 bridgehead atoms. The fourth-order valence-corrected chi connectivity index (χ4v) is 2.80. The molecule has 2 aliphatic heterocycles. The first-order valence-electron chi connectivity index (χ1n) is 4.84. The second-order valence-electron chi connectivity index (χ2n) is 4.37. The number of ether oxygens (including phenoxy) is 2. The molecular weight excluding hydrogens is 188 g/mol. The van der Waals surface area contributed by atoms with Crippen LogP contribution in [-0.2, 0) is 14.3 Å². The minimum atomic E-state index is -0.843. The molecule has 0 aromatic rings. The first kappa shape index (κ1) is 8.64. The molecule has 78 valence electrons. The predicted molar refractivity (Wildman–Crippen MR) is 43.3 cm³/mol. The number of esters is 1. The Morgan fingerprint density at radius 1 is 1.36 bits per heavy atom.